The first kappa shape index (κ1) is 26.8. The number of carboxylic acids is 2. The van der Waals surface area contributed by atoms with Crippen LogP contribution < -0.4 is 10.1 Å². The van der Waals surface area contributed by atoms with Gasteiger partial charge >= 0.3 is 11.9 Å². The van der Waals surface area contributed by atoms with Crippen LogP contribution in [0.1, 0.15) is 30.5 Å². The molecule has 198 valence electrons. The highest BCUT2D eigenvalue weighted by molar-refractivity contribution is 6.27. The van der Waals surface area contributed by atoms with Gasteiger partial charge in [-0.05, 0) is 43.0 Å². The largest absolute Gasteiger partial charge is 0.493 e. The van der Waals surface area contributed by atoms with Crippen LogP contribution in [0.15, 0.2) is 66.2 Å². The van der Waals surface area contributed by atoms with Crippen LogP contribution in [0, 0.1) is 0 Å². The quantitative estimate of drug-likeness (QED) is 0.244. The number of hydrogen-bond acceptors (Lipinski definition) is 6. The van der Waals surface area contributed by atoms with Crippen LogP contribution in [0.25, 0.3) is 10.9 Å². The van der Waals surface area contributed by atoms with Crippen LogP contribution in [-0.4, -0.2) is 64.2 Å². The molecule has 0 bridgehead atoms. The van der Waals surface area contributed by atoms with Crippen molar-refractivity contribution in [1.82, 2.24) is 9.88 Å². The second kappa shape index (κ2) is 12.8. The van der Waals surface area contributed by atoms with E-state index in [0.29, 0.717) is 13.0 Å². The minimum absolute atomic E-state index is 0.0866. The average Bonchev–Trinajstić information content (AvgIpc) is 2.92. The summed E-state index contributed by atoms with van der Waals surface area (Å²) in [4.78, 5) is 37.1. The monoisotopic (exact) mass is 517 g/mol. The zero-order valence-electron chi connectivity index (χ0n) is 21.1. The van der Waals surface area contributed by atoms with Gasteiger partial charge in [0.1, 0.15) is 5.75 Å². The number of para-hydroxylation sites is 1. The number of pyridine rings is 1. The molecule has 9 nitrogen and oxygen atoms in total. The molecule has 2 aliphatic rings. The number of aliphatic carboxylic acids is 2. The third-order valence-corrected chi connectivity index (χ3v) is 6.50. The van der Waals surface area contributed by atoms with Crippen LogP contribution >= 0.6 is 0 Å². The lowest BCUT2D eigenvalue weighted by molar-refractivity contribution is -0.159. The lowest BCUT2D eigenvalue weighted by Crippen LogP contribution is -2.30. The van der Waals surface area contributed by atoms with E-state index in [-0.39, 0.29) is 5.91 Å². The number of aromatic nitrogens is 1. The van der Waals surface area contributed by atoms with Crippen molar-refractivity contribution >= 4 is 34.4 Å². The topological polar surface area (TPSA) is 129 Å². The number of ether oxygens (including phenoxy) is 1. The van der Waals surface area contributed by atoms with Crippen molar-refractivity contribution in [3.63, 3.8) is 0 Å². The number of nitrogens with one attached hydrogen (secondary N) is 1. The Bertz CT molecular complexity index is 1340. The van der Waals surface area contributed by atoms with Gasteiger partial charge in [0.2, 0.25) is 5.91 Å². The Morgan fingerprint density at radius 1 is 1.00 bits per heavy atom. The Hall–Kier alpha value is -4.24. The fourth-order valence-electron chi connectivity index (χ4n) is 4.48. The highest BCUT2D eigenvalue weighted by Gasteiger charge is 2.16. The summed E-state index contributed by atoms with van der Waals surface area (Å²) >= 11 is 0. The molecule has 3 N–H and O–H groups in total. The molecule has 3 heterocycles. The molecule has 0 aliphatic carbocycles. The molecule has 38 heavy (non-hydrogen) atoms. The number of benzene rings is 2. The fourth-order valence-corrected chi connectivity index (χ4v) is 4.48. The number of fused-ring (bicyclic) bond motifs is 2. The second-order valence-electron chi connectivity index (χ2n) is 9.26. The van der Waals surface area contributed by atoms with Crippen LogP contribution in [0.2, 0.25) is 0 Å². The summed E-state index contributed by atoms with van der Waals surface area (Å²) in [6.45, 7) is 3.79. The Labute approximate surface area is 220 Å². The summed E-state index contributed by atoms with van der Waals surface area (Å²) in [5.74, 6) is -2.73. The summed E-state index contributed by atoms with van der Waals surface area (Å²) in [5.41, 5.74) is 5.79. The molecule has 0 saturated heterocycles. The van der Waals surface area contributed by atoms with E-state index < -0.39 is 11.9 Å². The number of rotatable bonds is 7. The number of carbonyl (C=O) groups excluding carboxylic acids is 1. The number of hydrogen-bond donors (Lipinski definition) is 3. The second-order valence-corrected chi connectivity index (χ2v) is 9.26. The van der Waals surface area contributed by atoms with Gasteiger partial charge in [-0.3, -0.25) is 14.7 Å². The summed E-state index contributed by atoms with van der Waals surface area (Å²) in [6, 6.07) is 18.6. The summed E-state index contributed by atoms with van der Waals surface area (Å²) in [5, 5.41) is 18.9. The molecule has 3 aromatic rings. The van der Waals surface area contributed by atoms with Gasteiger partial charge in [-0.1, -0.05) is 42.0 Å². The SMILES string of the molecule is O=C(O)C(=O)O.O=C1CCc2ccc(OCCCN3CC=C(Cc4ccc5ccccc5n4)CC3)cc2N1. The van der Waals surface area contributed by atoms with Crippen molar-refractivity contribution in [2.45, 2.75) is 32.1 Å². The maximum atomic E-state index is 11.6. The van der Waals surface area contributed by atoms with E-state index >= 15 is 0 Å². The molecule has 0 fully saturated rings. The van der Waals surface area contributed by atoms with Gasteiger partial charge in [-0.15, -0.1) is 0 Å². The smallest absolute Gasteiger partial charge is 0.414 e. The van der Waals surface area contributed by atoms with Gasteiger partial charge in [0.25, 0.3) is 0 Å². The number of anilines is 1. The van der Waals surface area contributed by atoms with E-state index in [1.54, 1.807) is 0 Å². The molecule has 0 spiro atoms. The van der Waals surface area contributed by atoms with E-state index in [1.165, 1.54) is 16.5 Å². The van der Waals surface area contributed by atoms with Crippen molar-refractivity contribution in [2.24, 2.45) is 0 Å². The first-order valence-electron chi connectivity index (χ1n) is 12.6. The van der Waals surface area contributed by atoms with E-state index in [4.69, 9.17) is 29.5 Å². The van der Waals surface area contributed by atoms with Gasteiger partial charge < -0.3 is 20.3 Å². The van der Waals surface area contributed by atoms with Crippen molar-refractivity contribution in [3.05, 3.63) is 77.5 Å². The highest BCUT2D eigenvalue weighted by atomic mass is 16.5. The Balaban J connectivity index is 0.000000505. The first-order valence-corrected chi connectivity index (χ1v) is 12.6. The lowest BCUT2D eigenvalue weighted by atomic mass is 10.0. The third-order valence-electron chi connectivity index (χ3n) is 6.50. The molecule has 1 aromatic heterocycles. The molecule has 0 radical (unpaired) electrons. The zero-order valence-corrected chi connectivity index (χ0v) is 21.1. The third kappa shape index (κ3) is 7.63. The first-order chi connectivity index (χ1) is 18.4. The lowest BCUT2D eigenvalue weighted by Gasteiger charge is -2.26. The number of amides is 1. The minimum atomic E-state index is -1.82. The van der Waals surface area contributed by atoms with Crippen molar-refractivity contribution in [1.29, 1.82) is 0 Å². The van der Waals surface area contributed by atoms with Gasteiger partial charge in [-0.25, -0.2) is 9.59 Å². The van der Waals surface area contributed by atoms with Crippen molar-refractivity contribution in [3.8, 4) is 5.75 Å². The number of aryl methyl sites for hydroxylation is 1. The van der Waals surface area contributed by atoms with E-state index in [1.807, 2.05) is 18.2 Å². The molecule has 1 amide bonds. The minimum Gasteiger partial charge on any atom is -0.493 e. The number of carbonyl (C=O) groups is 3. The Morgan fingerprint density at radius 3 is 2.58 bits per heavy atom. The van der Waals surface area contributed by atoms with Gasteiger partial charge in [0, 0.05) is 55.3 Å². The zero-order chi connectivity index (χ0) is 26.9. The number of nitrogens with zero attached hydrogens (tertiary/aromatic N) is 2. The molecule has 0 saturated carbocycles. The standard InChI is InChI=1S/C27H29N3O2.C2H2O4/c31-27-11-8-22-7-10-24(19-26(22)29-27)32-17-3-14-30-15-12-20(13-16-30)18-23-9-6-21-4-1-2-5-25(21)28-23;3-1(4)2(5)6/h1-2,4-7,9-10,12,19H,3,8,11,13-18H2,(H,29,31);(H,3,4)(H,5,6). The van der Waals surface area contributed by atoms with Crippen molar-refractivity contribution in [2.75, 3.05) is 31.6 Å². The molecular formula is C29H31N3O6. The fraction of sp³-hybridized carbons (Fsp3) is 0.310. The van der Waals surface area contributed by atoms with Crippen LogP contribution in [0.4, 0.5) is 5.69 Å². The van der Waals surface area contributed by atoms with Gasteiger partial charge in [-0.2, -0.15) is 0 Å². The van der Waals surface area contributed by atoms with Crippen LogP contribution in [0.3, 0.4) is 0 Å². The normalized spacial score (nSPS) is 14.9. The summed E-state index contributed by atoms with van der Waals surface area (Å²) < 4.78 is 5.93. The molecular weight excluding hydrogens is 486 g/mol. The maximum absolute atomic E-state index is 11.6. The number of carboxylic acid groups (broad SMARTS) is 2. The highest BCUT2D eigenvalue weighted by Crippen LogP contribution is 2.27. The van der Waals surface area contributed by atoms with E-state index in [2.05, 4.69) is 52.7 Å². The average molecular weight is 518 g/mol. The molecule has 0 unspecified atom stereocenters. The van der Waals surface area contributed by atoms with E-state index in [0.717, 1.165) is 68.0 Å². The Morgan fingerprint density at radius 2 is 1.82 bits per heavy atom. The Kier molecular flexibility index (Phi) is 9.05. The van der Waals surface area contributed by atoms with Crippen molar-refractivity contribution < 1.29 is 29.3 Å². The molecule has 5 rings (SSSR count). The molecule has 2 aromatic carbocycles. The van der Waals surface area contributed by atoms with Gasteiger partial charge in [0.05, 0.1) is 12.1 Å². The van der Waals surface area contributed by atoms with Gasteiger partial charge in [0.15, 0.2) is 0 Å². The van der Waals surface area contributed by atoms with E-state index in [9.17, 15) is 4.79 Å². The molecule has 2 aliphatic heterocycles. The molecule has 0 atom stereocenters. The summed E-state index contributed by atoms with van der Waals surface area (Å²) in [7, 11) is 0. The maximum Gasteiger partial charge on any atom is 0.414 e. The predicted octanol–water partition coefficient (Wildman–Crippen LogP) is 3.92. The van der Waals surface area contributed by atoms with Crippen LogP contribution in [0.5, 0.6) is 5.75 Å². The molecule has 9 heteroatoms. The van der Waals surface area contributed by atoms with Crippen LogP contribution in [-0.2, 0) is 27.2 Å². The predicted molar refractivity (Wildman–Crippen MR) is 143 cm³/mol. The summed E-state index contributed by atoms with van der Waals surface area (Å²) in [6.07, 6.45) is 6.77.